The highest BCUT2D eigenvalue weighted by atomic mass is 35.5. The minimum atomic E-state index is -0.247. The summed E-state index contributed by atoms with van der Waals surface area (Å²) >= 11 is 7.66. The molecule has 0 saturated heterocycles. The van der Waals surface area contributed by atoms with Crippen molar-refractivity contribution in [2.24, 2.45) is 0 Å². The second-order valence-corrected chi connectivity index (χ2v) is 7.85. The number of benzene rings is 3. The lowest BCUT2D eigenvalue weighted by Crippen LogP contribution is -2.12. The van der Waals surface area contributed by atoms with Gasteiger partial charge in [0.15, 0.2) is 0 Å². The summed E-state index contributed by atoms with van der Waals surface area (Å²) in [4.78, 5) is 12.6. The Morgan fingerprint density at radius 3 is 2.58 bits per heavy atom. The molecule has 1 heterocycles. The molecule has 4 rings (SSSR count). The van der Waals surface area contributed by atoms with E-state index in [0.29, 0.717) is 27.2 Å². The summed E-state index contributed by atoms with van der Waals surface area (Å²) in [6, 6.07) is 22.2. The van der Waals surface area contributed by atoms with E-state index in [1.807, 2.05) is 18.2 Å². The smallest absolute Gasteiger partial charge is 0.255 e. The minimum Gasteiger partial charge on any atom is -0.495 e. The van der Waals surface area contributed by atoms with Gasteiger partial charge in [-0.2, -0.15) is 4.68 Å². The van der Waals surface area contributed by atoms with E-state index in [-0.39, 0.29) is 5.91 Å². The van der Waals surface area contributed by atoms with Crippen molar-refractivity contribution < 1.29 is 9.53 Å². The van der Waals surface area contributed by atoms with Gasteiger partial charge in [-0.3, -0.25) is 4.79 Å². The number of anilines is 1. The molecule has 1 aromatic heterocycles. The van der Waals surface area contributed by atoms with Gasteiger partial charge in [0.25, 0.3) is 5.91 Å². The normalized spacial score (nSPS) is 10.6. The highest BCUT2D eigenvalue weighted by Gasteiger charge is 2.12. The van der Waals surface area contributed by atoms with Gasteiger partial charge in [0, 0.05) is 17.0 Å². The van der Waals surface area contributed by atoms with Crippen molar-refractivity contribution in [1.82, 2.24) is 20.2 Å². The lowest BCUT2D eigenvalue weighted by molar-refractivity contribution is 0.102. The fourth-order valence-corrected chi connectivity index (χ4v) is 3.96. The zero-order valence-electron chi connectivity index (χ0n) is 16.5. The SMILES string of the molecule is COc1ccc(NC(=O)c2ccc(-n3nnnc3SCc3ccccc3)cc2)cc1Cl. The molecule has 0 aliphatic carbocycles. The van der Waals surface area contributed by atoms with Gasteiger partial charge in [0.05, 0.1) is 17.8 Å². The number of methoxy groups -OCH3 is 1. The summed E-state index contributed by atoms with van der Waals surface area (Å²) in [7, 11) is 1.54. The van der Waals surface area contributed by atoms with Gasteiger partial charge in [-0.1, -0.05) is 53.7 Å². The number of thioether (sulfide) groups is 1. The van der Waals surface area contributed by atoms with Crippen molar-refractivity contribution >= 4 is 35.0 Å². The fraction of sp³-hybridized carbons (Fsp3) is 0.0909. The number of halogens is 1. The summed E-state index contributed by atoms with van der Waals surface area (Å²) in [6.45, 7) is 0. The molecule has 7 nitrogen and oxygen atoms in total. The molecule has 0 fully saturated rings. The second-order valence-electron chi connectivity index (χ2n) is 6.50. The minimum absolute atomic E-state index is 0.247. The third kappa shape index (κ3) is 5.04. The molecule has 9 heteroatoms. The van der Waals surface area contributed by atoms with Crippen LogP contribution in [0.15, 0.2) is 78.0 Å². The van der Waals surface area contributed by atoms with Crippen LogP contribution in [-0.4, -0.2) is 33.2 Å². The Morgan fingerprint density at radius 2 is 1.87 bits per heavy atom. The lowest BCUT2D eigenvalue weighted by Gasteiger charge is -2.09. The maximum atomic E-state index is 12.6. The largest absolute Gasteiger partial charge is 0.495 e. The highest BCUT2D eigenvalue weighted by Crippen LogP contribution is 2.27. The first-order valence-corrected chi connectivity index (χ1v) is 10.7. The average molecular weight is 452 g/mol. The molecule has 3 aromatic carbocycles. The van der Waals surface area contributed by atoms with Crippen LogP contribution in [0.4, 0.5) is 5.69 Å². The Bertz CT molecular complexity index is 1180. The van der Waals surface area contributed by atoms with Crippen LogP contribution < -0.4 is 10.1 Å². The summed E-state index contributed by atoms with van der Waals surface area (Å²) in [6.07, 6.45) is 0. The average Bonchev–Trinajstić information content (AvgIpc) is 3.27. The summed E-state index contributed by atoms with van der Waals surface area (Å²) in [5.41, 5.74) is 3.04. The number of aromatic nitrogens is 4. The number of hydrogen-bond donors (Lipinski definition) is 1. The molecule has 0 saturated carbocycles. The van der Waals surface area contributed by atoms with E-state index in [0.717, 1.165) is 11.4 Å². The number of ether oxygens (including phenoxy) is 1. The van der Waals surface area contributed by atoms with E-state index < -0.39 is 0 Å². The summed E-state index contributed by atoms with van der Waals surface area (Å²) in [5, 5.41) is 15.9. The first-order chi connectivity index (χ1) is 15.1. The molecule has 4 aromatic rings. The number of nitrogens with zero attached hydrogens (tertiary/aromatic N) is 4. The topological polar surface area (TPSA) is 81.9 Å². The first kappa shape index (κ1) is 20.9. The van der Waals surface area contributed by atoms with Crippen LogP contribution in [-0.2, 0) is 5.75 Å². The summed E-state index contributed by atoms with van der Waals surface area (Å²) in [5.74, 6) is 1.06. The van der Waals surface area contributed by atoms with E-state index in [4.69, 9.17) is 16.3 Å². The molecular formula is C22H18ClN5O2S. The molecule has 0 aliphatic rings. The van der Waals surface area contributed by atoms with E-state index in [1.165, 1.54) is 12.7 Å². The molecule has 31 heavy (non-hydrogen) atoms. The van der Waals surface area contributed by atoms with Crippen molar-refractivity contribution in [3.63, 3.8) is 0 Å². The van der Waals surface area contributed by atoms with E-state index in [9.17, 15) is 4.79 Å². The van der Waals surface area contributed by atoms with Crippen LogP contribution in [0.1, 0.15) is 15.9 Å². The van der Waals surface area contributed by atoms with Crippen LogP contribution in [0.3, 0.4) is 0 Å². The predicted molar refractivity (Wildman–Crippen MR) is 121 cm³/mol. The third-order valence-corrected chi connectivity index (χ3v) is 5.72. The monoisotopic (exact) mass is 451 g/mol. The Balaban J connectivity index is 1.44. The van der Waals surface area contributed by atoms with Gasteiger partial charge in [-0.15, -0.1) is 5.10 Å². The van der Waals surface area contributed by atoms with E-state index in [2.05, 4.69) is 33.0 Å². The molecule has 0 aliphatic heterocycles. The Hall–Kier alpha value is -3.36. The number of amides is 1. The molecule has 156 valence electrons. The van der Waals surface area contributed by atoms with Crippen LogP contribution in [0.5, 0.6) is 5.75 Å². The number of carbonyl (C=O) groups excluding carboxylic acids is 1. The van der Waals surface area contributed by atoms with Crippen LogP contribution in [0.2, 0.25) is 5.02 Å². The zero-order valence-corrected chi connectivity index (χ0v) is 18.1. The summed E-state index contributed by atoms with van der Waals surface area (Å²) < 4.78 is 6.78. The van der Waals surface area contributed by atoms with Gasteiger partial charge >= 0.3 is 0 Å². The van der Waals surface area contributed by atoms with Crippen molar-refractivity contribution in [3.05, 3.63) is 88.9 Å². The van der Waals surface area contributed by atoms with Gasteiger partial charge in [-0.05, 0) is 58.5 Å². The van der Waals surface area contributed by atoms with Gasteiger partial charge in [-0.25, -0.2) is 0 Å². The van der Waals surface area contributed by atoms with Crippen molar-refractivity contribution in [2.45, 2.75) is 10.9 Å². The molecular weight excluding hydrogens is 434 g/mol. The van der Waals surface area contributed by atoms with Crippen molar-refractivity contribution in [3.8, 4) is 11.4 Å². The van der Waals surface area contributed by atoms with Gasteiger partial charge in [0.2, 0.25) is 5.16 Å². The molecule has 1 N–H and O–H groups in total. The van der Waals surface area contributed by atoms with Crippen LogP contribution in [0, 0.1) is 0 Å². The van der Waals surface area contributed by atoms with Crippen molar-refractivity contribution in [2.75, 3.05) is 12.4 Å². The highest BCUT2D eigenvalue weighted by molar-refractivity contribution is 7.98. The second kappa shape index (κ2) is 9.63. The fourth-order valence-electron chi connectivity index (χ4n) is 2.85. The lowest BCUT2D eigenvalue weighted by atomic mass is 10.2. The Morgan fingerprint density at radius 1 is 1.10 bits per heavy atom. The number of nitrogens with one attached hydrogen (secondary N) is 1. The molecule has 0 unspecified atom stereocenters. The maximum Gasteiger partial charge on any atom is 0.255 e. The van der Waals surface area contributed by atoms with Gasteiger partial charge in [0.1, 0.15) is 5.75 Å². The third-order valence-electron chi connectivity index (χ3n) is 4.44. The molecule has 0 spiro atoms. The number of rotatable bonds is 7. The maximum absolute atomic E-state index is 12.6. The molecule has 0 radical (unpaired) electrons. The van der Waals surface area contributed by atoms with E-state index >= 15 is 0 Å². The van der Waals surface area contributed by atoms with Crippen LogP contribution in [0.25, 0.3) is 5.69 Å². The first-order valence-electron chi connectivity index (χ1n) is 9.34. The zero-order chi connectivity index (χ0) is 21.6. The molecule has 1 amide bonds. The van der Waals surface area contributed by atoms with Crippen molar-refractivity contribution in [1.29, 1.82) is 0 Å². The number of carbonyl (C=O) groups is 1. The number of hydrogen-bond acceptors (Lipinski definition) is 6. The Labute approximate surface area is 188 Å². The standard InChI is InChI=1S/C22H18ClN5O2S/c1-30-20-12-9-17(13-19(20)23)24-21(29)16-7-10-18(11-8-16)28-22(25-26-27-28)31-14-15-5-3-2-4-6-15/h2-13H,14H2,1H3,(H,24,29). The predicted octanol–water partition coefficient (Wildman–Crippen LogP) is 4.87. The Kier molecular flexibility index (Phi) is 6.49. The van der Waals surface area contributed by atoms with E-state index in [1.54, 1.807) is 58.9 Å². The molecule has 0 atom stereocenters. The number of tetrazole rings is 1. The molecule has 0 bridgehead atoms. The quantitative estimate of drug-likeness (QED) is 0.404. The van der Waals surface area contributed by atoms with Crippen LogP contribution >= 0.6 is 23.4 Å². The van der Waals surface area contributed by atoms with Gasteiger partial charge < -0.3 is 10.1 Å².